The molecule has 36 heavy (non-hydrogen) atoms. The second-order valence-electron chi connectivity index (χ2n) is 9.24. The van der Waals surface area contributed by atoms with Crippen LogP contribution in [0.15, 0.2) is 55.0 Å². The molecule has 2 aliphatic heterocycles. The van der Waals surface area contributed by atoms with E-state index in [1.54, 1.807) is 11.1 Å². The molecule has 4 N–H and O–H groups in total. The van der Waals surface area contributed by atoms with Crippen molar-refractivity contribution in [3.63, 3.8) is 0 Å². The van der Waals surface area contributed by atoms with E-state index in [0.29, 0.717) is 37.2 Å². The van der Waals surface area contributed by atoms with E-state index in [1.165, 1.54) is 6.33 Å². The lowest BCUT2D eigenvalue weighted by atomic mass is 10.1. The van der Waals surface area contributed by atoms with Gasteiger partial charge < -0.3 is 25.8 Å². The van der Waals surface area contributed by atoms with Crippen LogP contribution in [0.5, 0.6) is 0 Å². The average molecular weight is 489 g/mol. The molecule has 0 saturated carbocycles. The van der Waals surface area contributed by atoms with E-state index in [0.717, 1.165) is 10.8 Å². The van der Waals surface area contributed by atoms with Gasteiger partial charge in [0.25, 0.3) is 0 Å². The minimum atomic E-state index is -0.899. The standard InChI is InChI=1S/C26H28N6O4/c33-23-10-9-20(30-23)24(34)31-21(13-19-14-27-15-28-19)26(36)32-11-3-6-22(32)25(35)29-18-8-7-16-4-1-2-5-17(16)12-18/h1-2,4-5,7-8,12,14-15,20-22H,3,6,9-11,13H2,(H,27,28)(H,29,35)(H,30,33)(H,31,34)/t20-,21-,22-/m1/s1. The molecule has 10 nitrogen and oxygen atoms in total. The molecule has 3 aromatic rings. The number of aromatic amines is 1. The predicted molar refractivity (Wildman–Crippen MR) is 133 cm³/mol. The summed E-state index contributed by atoms with van der Waals surface area (Å²) in [5, 5.41) is 10.5. The van der Waals surface area contributed by atoms with Crippen LogP contribution in [0.25, 0.3) is 10.8 Å². The highest BCUT2D eigenvalue weighted by molar-refractivity contribution is 6.00. The van der Waals surface area contributed by atoms with Gasteiger partial charge in [0, 0.05) is 37.0 Å². The van der Waals surface area contributed by atoms with Gasteiger partial charge in [-0.1, -0.05) is 30.3 Å². The Bertz CT molecular complexity index is 1290. The summed E-state index contributed by atoms with van der Waals surface area (Å²) in [6, 6.07) is 11.4. The van der Waals surface area contributed by atoms with E-state index in [4.69, 9.17) is 0 Å². The summed E-state index contributed by atoms with van der Waals surface area (Å²) in [4.78, 5) is 59.7. The van der Waals surface area contributed by atoms with Gasteiger partial charge in [0.1, 0.15) is 18.1 Å². The second-order valence-corrected chi connectivity index (χ2v) is 9.24. The van der Waals surface area contributed by atoms with Crippen molar-refractivity contribution in [1.29, 1.82) is 0 Å². The first kappa shape index (κ1) is 23.5. The molecule has 10 heteroatoms. The number of imidazole rings is 1. The molecule has 186 valence electrons. The maximum atomic E-state index is 13.6. The average Bonchev–Trinajstić information content (AvgIpc) is 3.65. The first-order valence-corrected chi connectivity index (χ1v) is 12.1. The van der Waals surface area contributed by atoms with E-state index >= 15 is 0 Å². The summed E-state index contributed by atoms with van der Waals surface area (Å²) in [5.41, 5.74) is 1.35. The highest BCUT2D eigenvalue weighted by Crippen LogP contribution is 2.23. The van der Waals surface area contributed by atoms with Gasteiger partial charge in [-0.3, -0.25) is 19.2 Å². The fourth-order valence-corrected chi connectivity index (χ4v) is 4.90. The van der Waals surface area contributed by atoms with Crippen LogP contribution in [-0.4, -0.2) is 63.2 Å². The number of aromatic nitrogens is 2. The highest BCUT2D eigenvalue weighted by atomic mass is 16.2. The highest BCUT2D eigenvalue weighted by Gasteiger charge is 2.39. The zero-order chi connectivity index (χ0) is 25.1. The topological polar surface area (TPSA) is 136 Å². The first-order valence-electron chi connectivity index (χ1n) is 12.1. The van der Waals surface area contributed by atoms with E-state index < -0.39 is 24.0 Å². The predicted octanol–water partition coefficient (Wildman–Crippen LogP) is 1.50. The molecular formula is C26H28N6O4. The third-order valence-corrected chi connectivity index (χ3v) is 6.76. The minimum absolute atomic E-state index is 0.184. The van der Waals surface area contributed by atoms with Crippen molar-refractivity contribution in [2.75, 3.05) is 11.9 Å². The van der Waals surface area contributed by atoms with E-state index in [1.807, 2.05) is 42.5 Å². The second kappa shape index (κ2) is 10.2. The third-order valence-electron chi connectivity index (χ3n) is 6.76. The number of hydrogen-bond donors (Lipinski definition) is 4. The summed E-state index contributed by atoms with van der Waals surface area (Å²) in [7, 11) is 0. The largest absolute Gasteiger partial charge is 0.348 e. The zero-order valence-corrected chi connectivity index (χ0v) is 19.7. The maximum absolute atomic E-state index is 13.6. The number of H-pyrrole nitrogens is 1. The molecule has 2 fully saturated rings. The molecule has 0 unspecified atom stereocenters. The van der Waals surface area contributed by atoms with Crippen molar-refractivity contribution in [2.45, 2.75) is 50.2 Å². The molecule has 2 aromatic carbocycles. The number of fused-ring (bicyclic) bond motifs is 1. The number of rotatable bonds is 7. The van der Waals surface area contributed by atoms with Crippen molar-refractivity contribution in [2.24, 2.45) is 0 Å². The number of amides is 4. The van der Waals surface area contributed by atoms with Crippen LogP contribution in [-0.2, 0) is 25.6 Å². The lowest BCUT2D eigenvalue weighted by Gasteiger charge is -2.29. The molecule has 1 aromatic heterocycles. The van der Waals surface area contributed by atoms with Crippen molar-refractivity contribution in [1.82, 2.24) is 25.5 Å². The number of nitrogens with one attached hydrogen (secondary N) is 4. The molecule has 3 heterocycles. The van der Waals surface area contributed by atoms with Gasteiger partial charge >= 0.3 is 0 Å². The van der Waals surface area contributed by atoms with Gasteiger partial charge in [-0.05, 0) is 42.2 Å². The van der Waals surface area contributed by atoms with Gasteiger partial charge in [-0.15, -0.1) is 0 Å². The Morgan fingerprint density at radius 3 is 2.67 bits per heavy atom. The number of anilines is 1. The van der Waals surface area contributed by atoms with E-state index in [-0.39, 0.29) is 30.6 Å². The first-order chi connectivity index (χ1) is 17.5. The summed E-state index contributed by atoms with van der Waals surface area (Å²) >= 11 is 0. The summed E-state index contributed by atoms with van der Waals surface area (Å²) in [6.07, 6.45) is 5.18. The van der Waals surface area contributed by atoms with Gasteiger partial charge in [-0.2, -0.15) is 0 Å². The Kier molecular flexibility index (Phi) is 6.66. The molecule has 5 rings (SSSR count). The van der Waals surface area contributed by atoms with Crippen molar-refractivity contribution >= 4 is 40.1 Å². The fraction of sp³-hybridized carbons (Fsp3) is 0.346. The Balaban J connectivity index is 1.30. The molecule has 3 atom stereocenters. The Hall–Kier alpha value is -4.21. The number of likely N-dealkylation sites (tertiary alicyclic amines) is 1. The third kappa shape index (κ3) is 5.07. The van der Waals surface area contributed by atoms with E-state index in [2.05, 4.69) is 25.9 Å². The van der Waals surface area contributed by atoms with Crippen molar-refractivity contribution in [3.8, 4) is 0 Å². The summed E-state index contributed by atoms with van der Waals surface area (Å²) in [5.74, 6) is -1.18. The number of nitrogens with zero attached hydrogens (tertiary/aromatic N) is 2. The number of carbonyl (C=O) groups is 4. The number of benzene rings is 2. The maximum Gasteiger partial charge on any atom is 0.247 e. The Morgan fingerprint density at radius 1 is 1.08 bits per heavy atom. The van der Waals surface area contributed by atoms with Crippen LogP contribution >= 0.6 is 0 Å². The van der Waals surface area contributed by atoms with Crippen LogP contribution < -0.4 is 16.0 Å². The lowest BCUT2D eigenvalue weighted by molar-refractivity contribution is -0.140. The normalized spacial score (nSPS) is 20.2. The molecule has 0 bridgehead atoms. The van der Waals surface area contributed by atoms with Crippen LogP contribution in [0.4, 0.5) is 5.69 Å². The summed E-state index contributed by atoms with van der Waals surface area (Å²) in [6.45, 7) is 0.421. The smallest absolute Gasteiger partial charge is 0.247 e. The lowest BCUT2D eigenvalue weighted by Crippen LogP contribution is -2.55. The molecule has 4 amide bonds. The van der Waals surface area contributed by atoms with Crippen LogP contribution in [0, 0.1) is 0 Å². The molecule has 2 saturated heterocycles. The monoisotopic (exact) mass is 488 g/mol. The van der Waals surface area contributed by atoms with Crippen molar-refractivity contribution < 1.29 is 19.2 Å². The van der Waals surface area contributed by atoms with E-state index in [9.17, 15) is 19.2 Å². The van der Waals surface area contributed by atoms with Gasteiger partial charge in [0.05, 0.1) is 6.33 Å². The quantitative estimate of drug-likeness (QED) is 0.400. The Labute approximate surface area is 207 Å². The number of carbonyl (C=O) groups excluding carboxylic acids is 4. The molecule has 0 aliphatic carbocycles. The SMILES string of the molecule is O=C1CC[C@H](C(=O)N[C@H](Cc2cnc[nH]2)C(=O)N2CCC[C@@H]2C(=O)Nc2ccc3ccccc3c2)N1. The number of hydrogen-bond acceptors (Lipinski definition) is 5. The zero-order valence-electron chi connectivity index (χ0n) is 19.7. The molecule has 0 spiro atoms. The molecule has 2 aliphatic rings. The van der Waals surface area contributed by atoms with Crippen LogP contribution in [0.1, 0.15) is 31.4 Å². The van der Waals surface area contributed by atoms with Gasteiger partial charge in [-0.25, -0.2) is 4.98 Å². The van der Waals surface area contributed by atoms with Crippen LogP contribution in [0.3, 0.4) is 0 Å². The van der Waals surface area contributed by atoms with Gasteiger partial charge in [0.15, 0.2) is 0 Å². The van der Waals surface area contributed by atoms with Gasteiger partial charge in [0.2, 0.25) is 23.6 Å². The summed E-state index contributed by atoms with van der Waals surface area (Å²) < 4.78 is 0. The fourth-order valence-electron chi connectivity index (χ4n) is 4.90. The molecular weight excluding hydrogens is 460 g/mol. The Morgan fingerprint density at radius 2 is 1.92 bits per heavy atom. The van der Waals surface area contributed by atoms with Crippen LogP contribution in [0.2, 0.25) is 0 Å². The minimum Gasteiger partial charge on any atom is -0.348 e. The molecule has 0 radical (unpaired) electrons. The van der Waals surface area contributed by atoms with Crippen molar-refractivity contribution in [3.05, 3.63) is 60.7 Å².